The number of amides is 3. The number of carbonyl (C=O) groups is 3. The molecule has 2 saturated heterocycles. The molecule has 14 heteroatoms. The first-order valence-corrected chi connectivity index (χ1v) is 23.6. The number of aliphatic hydroxyl groups is 2. The Labute approximate surface area is 341 Å². The van der Waals surface area contributed by atoms with Crippen molar-refractivity contribution in [1.82, 2.24) is 10.2 Å². The Hall–Kier alpha value is -4.34. The largest absolute Gasteiger partial charge is 0.497 e. The minimum absolute atomic E-state index is 0.0864. The van der Waals surface area contributed by atoms with Crippen LogP contribution in [0.4, 0.5) is 21.2 Å². The van der Waals surface area contributed by atoms with Crippen LogP contribution >= 0.6 is 0 Å². The van der Waals surface area contributed by atoms with Crippen molar-refractivity contribution in [1.29, 1.82) is 0 Å². The summed E-state index contributed by atoms with van der Waals surface area (Å²) in [4.78, 5) is 48.3. The van der Waals surface area contributed by atoms with Crippen LogP contribution in [0.25, 0.3) is 0 Å². The summed E-state index contributed by atoms with van der Waals surface area (Å²) in [5.41, 5.74) is 2.08. The maximum atomic E-state index is 16.5. The van der Waals surface area contributed by atoms with Gasteiger partial charge in [0.05, 0.1) is 62.9 Å². The number of unbranched alkanes of at least 4 members (excludes halogenated alkanes) is 1. The predicted octanol–water partition coefficient (Wildman–Crippen LogP) is 5.74. The Morgan fingerprint density at radius 1 is 1.05 bits per heavy atom. The number of carbonyl (C=O) groups excluding carboxylic acids is 3. The van der Waals surface area contributed by atoms with Gasteiger partial charge in [-0.2, -0.15) is 0 Å². The minimum Gasteiger partial charge on any atom is -0.497 e. The SMILES string of the molecule is CCOc1ccc2c(c1)CC(NCCCCO)C(=O)N2c1cccc(CN2C(=O)[C@@]3(O[C@@H](CC(=O)N4CCC[C@H]4CO)[C@H]([Si](C)(C)F)[C@H]3C)c3cc(OC)ccc32)c1. The van der Waals surface area contributed by atoms with Crippen LogP contribution in [0.3, 0.4) is 0 Å². The number of hydrogen-bond donors (Lipinski definition) is 3. The van der Waals surface area contributed by atoms with Crippen molar-refractivity contribution in [2.45, 2.75) is 101 Å². The van der Waals surface area contributed by atoms with Crippen LogP contribution in [0, 0.1) is 5.92 Å². The molecule has 0 aromatic heterocycles. The number of anilines is 3. The smallest absolute Gasteiger partial charge is 0.264 e. The van der Waals surface area contributed by atoms with Gasteiger partial charge in [-0.1, -0.05) is 19.1 Å². The highest BCUT2D eigenvalue weighted by Gasteiger charge is 2.67. The molecule has 4 aliphatic rings. The van der Waals surface area contributed by atoms with Gasteiger partial charge in [-0.3, -0.25) is 19.3 Å². The molecular weight excluding hydrogens is 760 g/mol. The van der Waals surface area contributed by atoms with Gasteiger partial charge >= 0.3 is 0 Å². The second-order valence-corrected chi connectivity index (χ2v) is 20.3. The van der Waals surface area contributed by atoms with E-state index in [1.807, 2.05) is 62.4 Å². The van der Waals surface area contributed by atoms with Gasteiger partial charge in [0.1, 0.15) is 11.5 Å². The molecule has 4 aliphatic heterocycles. The maximum absolute atomic E-state index is 16.5. The average Bonchev–Trinajstić information content (AvgIpc) is 3.87. The van der Waals surface area contributed by atoms with Gasteiger partial charge in [-0.05, 0) is 118 Å². The molecule has 3 aromatic rings. The van der Waals surface area contributed by atoms with Crippen LogP contribution in [0.5, 0.6) is 11.5 Å². The van der Waals surface area contributed by atoms with Crippen LogP contribution < -0.4 is 24.6 Å². The van der Waals surface area contributed by atoms with Gasteiger partial charge in [0.2, 0.25) is 20.2 Å². The van der Waals surface area contributed by atoms with E-state index < -0.39 is 37.6 Å². The van der Waals surface area contributed by atoms with E-state index >= 15 is 8.90 Å². The van der Waals surface area contributed by atoms with E-state index in [-0.39, 0.29) is 49.9 Å². The summed E-state index contributed by atoms with van der Waals surface area (Å²) in [5.74, 6) is -0.00820. The molecule has 58 heavy (non-hydrogen) atoms. The number of likely N-dealkylation sites (tertiary alicyclic amines) is 1. The van der Waals surface area contributed by atoms with Gasteiger partial charge in [-0.25, -0.2) is 0 Å². The Morgan fingerprint density at radius 2 is 1.83 bits per heavy atom. The van der Waals surface area contributed by atoms with E-state index in [0.29, 0.717) is 61.6 Å². The predicted molar refractivity (Wildman–Crippen MR) is 222 cm³/mol. The zero-order valence-corrected chi connectivity index (χ0v) is 35.2. The summed E-state index contributed by atoms with van der Waals surface area (Å²) in [6.07, 6.45) is 2.41. The first-order valence-electron chi connectivity index (χ1n) is 20.7. The molecule has 1 spiro atoms. The molecule has 3 N–H and O–H groups in total. The number of nitrogens with zero attached hydrogens (tertiary/aromatic N) is 3. The average molecular weight is 817 g/mol. The Kier molecular flexibility index (Phi) is 12.3. The molecule has 6 atom stereocenters. The van der Waals surface area contributed by atoms with Crippen LogP contribution in [-0.4, -0.2) is 99.4 Å². The fourth-order valence-corrected chi connectivity index (χ4v) is 12.3. The standard InChI is InChI=1S/C44H57FN4O8Si/c1-6-56-34-15-16-37-30(22-34)23-36(46-18-7-8-20-50)42(53)49(37)31-12-9-11-29(21-31)26-48-38-17-14-33(55-3)24-35(38)44(43(48)54)28(2)41(58(4,5)45)39(57-44)25-40(52)47-19-10-13-32(47)27-51/h9,11-12,14-17,21-22,24,28,32,36,39,41,46,50-51H,6-8,10,13,18-20,23,25-27H2,1-5H3/t28-,32+,36?,39+,41-,44+/m1/s1. The van der Waals surface area contributed by atoms with Gasteiger partial charge in [-0.15, -0.1) is 0 Å². The summed E-state index contributed by atoms with van der Waals surface area (Å²) in [7, 11) is -1.99. The van der Waals surface area contributed by atoms with Crippen molar-refractivity contribution in [3.05, 3.63) is 77.4 Å². The summed E-state index contributed by atoms with van der Waals surface area (Å²) >= 11 is 0. The number of ether oxygens (including phenoxy) is 3. The third-order valence-electron chi connectivity index (χ3n) is 12.5. The van der Waals surface area contributed by atoms with Crippen molar-refractivity contribution < 1.29 is 42.9 Å². The topological polar surface area (TPSA) is 141 Å². The second kappa shape index (κ2) is 17.1. The molecule has 0 aliphatic carbocycles. The first-order chi connectivity index (χ1) is 27.9. The van der Waals surface area contributed by atoms with E-state index in [4.69, 9.17) is 14.2 Å². The third-order valence-corrected chi connectivity index (χ3v) is 14.9. The normalized spacial score (nSPS) is 25.4. The summed E-state index contributed by atoms with van der Waals surface area (Å²) in [6.45, 7) is 8.73. The maximum Gasteiger partial charge on any atom is 0.264 e. The summed E-state index contributed by atoms with van der Waals surface area (Å²) in [5, 5.41) is 22.6. The second-order valence-electron chi connectivity index (χ2n) is 16.5. The van der Waals surface area contributed by atoms with Crippen molar-refractivity contribution in [3.63, 3.8) is 0 Å². The molecule has 12 nitrogen and oxygen atoms in total. The van der Waals surface area contributed by atoms with Gasteiger partial charge in [0, 0.05) is 35.9 Å². The molecule has 0 saturated carbocycles. The fraction of sp³-hybridized carbons (Fsp3) is 0.523. The highest BCUT2D eigenvalue weighted by atomic mass is 28.4. The van der Waals surface area contributed by atoms with Crippen molar-refractivity contribution >= 4 is 43.2 Å². The van der Waals surface area contributed by atoms with Crippen LogP contribution in [0.2, 0.25) is 18.6 Å². The van der Waals surface area contributed by atoms with Crippen molar-refractivity contribution in [2.75, 3.05) is 49.8 Å². The molecule has 3 aromatic carbocycles. The lowest BCUT2D eigenvalue weighted by molar-refractivity contribution is -0.150. The molecular formula is C44H57FN4O8Si. The van der Waals surface area contributed by atoms with E-state index in [1.165, 1.54) is 0 Å². The highest BCUT2D eigenvalue weighted by molar-refractivity contribution is 6.72. The van der Waals surface area contributed by atoms with Gasteiger partial charge in [0.15, 0.2) is 5.60 Å². The molecule has 0 bridgehead atoms. The molecule has 312 valence electrons. The number of nitrogens with one attached hydrogen (secondary N) is 1. The fourth-order valence-electron chi connectivity index (χ4n) is 9.85. The lowest BCUT2D eigenvalue weighted by Crippen LogP contribution is -2.49. The minimum atomic E-state index is -3.54. The van der Waals surface area contributed by atoms with Crippen molar-refractivity contribution in [3.8, 4) is 11.5 Å². The van der Waals surface area contributed by atoms with Crippen LogP contribution in [0.15, 0.2) is 60.7 Å². The molecule has 2 fully saturated rings. The molecule has 3 amide bonds. The third kappa shape index (κ3) is 7.65. The molecule has 1 unspecified atom stereocenters. The van der Waals surface area contributed by atoms with Gasteiger partial charge in [0.25, 0.3) is 5.91 Å². The first kappa shape index (κ1) is 41.8. The molecule has 0 radical (unpaired) electrons. The Morgan fingerprint density at radius 3 is 2.55 bits per heavy atom. The number of rotatable bonds is 15. The zero-order chi connectivity index (χ0) is 41.4. The lowest BCUT2D eigenvalue weighted by atomic mass is 9.82. The molecule has 4 heterocycles. The number of benzene rings is 3. The van der Waals surface area contributed by atoms with Gasteiger partial charge < -0.3 is 43.6 Å². The van der Waals surface area contributed by atoms with E-state index in [9.17, 15) is 19.8 Å². The monoisotopic (exact) mass is 816 g/mol. The Balaban J connectivity index is 1.22. The summed E-state index contributed by atoms with van der Waals surface area (Å²) < 4.78 is 34.9. The van der Waals surface area contributed by atoms with Crippen LogP contribution in [-0.2, 0) is 37.7 Å². The van der Waals surface area contributed by atoms with E-state index in [1.54, 1.807) is 47.0 Å². The van der Waals surface area contributed by atoms with Crippen molar-refractivity contribution in [2.24, 2.45) is 5.92 Å². The van der Waals surface area contributed by atoms with Crippen LogP contribution in [0.1, 0.15) is 62.6 Å². The zero-order valence-electron chi connectivity index (χ0n) is 34.2. The number of halogens is 1. The number of aliphatic hydroxyl groups excluding tert-OH is 2. The Bertz CT molecular complexity index is 2010. The quantitative estimate of drug-likeness (QED) is 0.0996. The molecule has 7 rings (SSSR count). The number of fused-ring (bicyclic) bond motifs is 3. The number of methoxy groups -OCH3 is 1. The lowest BCUT2D eigenvalue weighted by Gasteiger charge is -2.35. The van der Waals surface area contributed by atoms with E-state index in [2.05, 4.69) is 5.32 Å². The van der Waals surface area contributed by atoms with E-state index in [0.717, 1.165) is 35.4 Å². The summed E-state index contributed by atoms with van der Waals surface area (Å²) in [6, 6.07) is 18.0. The number of hydrogen-bond acceptors (Lipinski definition) is 9. The highest BCUT2D eigenvalue weighted by Crippen LogP contribution is 2.61.